The number of esters is 2. The lowest BCUT2D eigenvalue weighted by Gasteiger charge is -2.15. The molecule has 0 saturated heterocycles. The van der Waals surface area contributed by atoms with E-state index in [0.29, 0.717) is 0 Å². The summed E-state index contributed by atoms with van der Waals surface area (Å²) in [6.45, 7) is 5.89. The van der Waals surface area contributed by atoms with Crippen LogP contribution in [-0.4, -0.2) is 25.2 Å². The molecule has 0 aliphatic heterocycles. The zero-order chi connectivity index (χ0) is 14.8. The molecule has 1 aromatic rings. The Morgan fingerprint density at radius 3 is 2.00 bits per heavy atom. The number of carbonyl (C=O) groups excluding carboxylic acids is 2. The van der Waals surface area contributed by atoms with Gasteiger partial charge < -0.3 is 9.47 Å². The molecule has 0 radical (unpaired) electrons. The van der Waals surface area contributed by atoms with E-state index in [1.165, 1.54) is 0 Å². The number of hydrogen-bond acceptors (Lipinski definition) is 4. The Hall–Kier alpha value is -1.84. The van der Waals surface area contributed by atoms with Crippen molar-refractivity contribution < 1.29 is 19.1 Å². The maximum absolute atomic E-state index is 12.3. The number of hydrogen-bond donors (Lipinski definition) is 0. The van der Waals surface area contributed by atoms with E-state index < -0.39 is 17.4 Å². The van der Waals surface area contributed by atoms with E-state index in [1.54, 1.807) is 13.8 Å². The molecule has 1 fully saturated rings. The van der Waals surface area contributed by atoms with Crippen molar-refractivity contribution in [1.82, 2.24) is 0 Å². The van der Waals surface area contributed by atoms with Gasteiger partial charge in [-0.05, 0) is 25.3 Å². The van der Waals surface area contributed by atoms with Crippen LogP contribution in [-0.2, 0) is 19.1 Å². The highest BCUT2D eigenvalue weighted by atomic mass is 16.6. The van der Waals surface area contributed by atoms with E-state index in [9.17, 15) is 9.59 Å². The van der Waals surface area contributed by atoms with Crippen molar-refractivity contribution >= 4 is 11.9 Å². The number of ether oxygens (including phenoxy) is 2. The van der Waals surface area contributed by atoms with Crippen LogP contribution < -0.4 is 0 Å². The van der Waals surface area contributed by atoms with Crippen molar-refractivity contribution in [2.45, 2.75) is 26.7 Å². The molecule has 0 bridgehead atoms. The second kappa shape index (κ2) is 5.65. The zero-order valence-corrected chi connectivity index (χ0v) is 12.1. The van der Waals surface area contributed by atoms with E-state index in [4.69, 9.17) is 9.47 Å². The zero-order valence-electron chi connectivity index (χ0n) is 12.1. The predicted octanol–water partition coefficient (Wildman–Crippen LogP) is 2.53. The van der Waals surface area contributed by atoms with E-state index in [2.05, 4.69) is 0 Å². The standard InChI is InChI=1S/C16H20O4/c1-4-19-14(17)16(15(18)20-5-2)11(3)13(16)12-9-7-6-8-10-12/h6-11,13H,4-5H2,1-3H3/t11-,13-/m0/s1. The summed E-state index contributed by atoms with van der Waals surface area (Å²) in [5.41, 5.74) is -0.200. The summed E-state index contributed by atoms with van der Waals surface area (Å²) in [7, 11) is 0. The highest BCUT2D eigenvalue weighted by molar-refractivity contribution is 6.06. The SMILES string of the molecule is CCOC(=O)C1(C(=O)OCC)[C@H](c2ccccc2)[C@@H]1C. The van der Waals surface area contributed by atoms with E-state index in [0.717, 1.165) is 5.56 Å². The highest BCUT2D eigenvalue weighted by Gasteiger charge is 2.74. The summed E-state index contributed by atoms with van der Waals surface area (Å²) in [5.74, 6) is -1.22. The quantitative estimate of drug-likeness (QED) is 0.612. The van der Waals surface area contributed by atoms with Gasteiger partial charge in [-0.2, -0.15) is 0 Å². The van der Waals surface area contributed by atoms with Crippen molar-refractivity contribution in [1.29, 1.82) is 0 Å². The summed E-state index contributed by atoms with van der Waals surface area (Å²) >= 11 is 0. The predicted molar refractivity (Wildman–Crippen MR) is 74.0 cm³/mol. The fourth-order valence-corrected chi connectivity index (χ4v) is 2.98. The minimum Gasteiger partial charge on any atom is -0.465 e. The third kappa shape index (κ3) is 2.09. The number of carbonyl (C=O) groups is 2. The van der Waals surface area contributed by atoms with Crippen LogP contribution in [0.25, 0.3) is 0 Å². The van der Waals surface area contributed by atoms with Gasteiger partial charge >= 0.3 is 11.9 Å². The van der Waals surface area contributed by atoms with Crippen molar-refractivity contribution in [3.63, 3.8) is 0 Å². The molecule has 0 N–H and O–H groups in total. The van der Waals surface area contributed by atoms with Crippen LogP contribution in [0.5, 0.6) is 0 Å². The summed E-state index contributed by atoms with van der Waals surface area (Å²) < 4.78 is 10.2. The van der Waals surface area contributed by atoms with Gasteiger partial charge in [-0.3, -0.25) is 9.59 Å². The third-order valence-electron chi connectivity index (χ3n) is 3.98. The molecular formula is C16H20O4. The largest absolute Gasteiger partial charge is 0.465 e. The average molecular weight is 276 g/mol. The summed E-state index contributed by atoms with van der Waals surface area (Å²) in [6.07, 6.45) is 0. The molecule has 20 heavy (non-hydrogen) atoms. The highest BCUT2D eigenvalue weighted by Crippen LogP contribution is 2.65. The molecule has 0 unspecified atom stereocenters. The van der Waals surface area contributed by atoms with Gasteiger partial charge in [0.1, 0.15) is 0 Å². The Kier molecular flexibility index (Phi) is 4.12. The topological polar surface area (TPSA) is 52.6 Å². The molecule has 2 rings (SSSR count). The Bertz CT molecular complexity index is 476. The van der Waals surface area contributed by atoms with Crippen LogP contribution in [0.15, 0.2) is 30.3 Å². The summed E-state index contributed by atoms with van der Waals surface area (Å²) in [4.78, 5) is 24.6. The Morgan fingerprint density at radius 2 is 1.55 bits per heavy atom. The first kappa shape index (κ1) is 14.6. The molecule has 4 heteroatoms. The maximum atomic E-state index is 12.3. The number of rotatable bonds is 5. The van der Waals surface area contributed by atoms with Gasteiger partial charge in [0.25, 0.3) is 0 Å². The first-order valence-corrected chi connectivity index (χ1v) is 7.00. The molecule has 2 atom stereocenters. The fraction of sp³-hybridized carbons (Fsp3) is 0.500. The molecule has 0 aromatic heterocycles. The van der Waals surface area contributed by atoms with E-state index in [-0.39, 0.29) is 25.0 Å². The monoisotopic (exact) mass is 276 g/mol. The van der Waals surface area contributed by atoms with Gasteiger partial charge in [0.05, 0.1) is 13.2 Å². The van der Waals surface area contributed by atoms with Crippen LogP contribution in [0.3, 0.4) is 0 Å². The summed E-state index contributed by atoms with van der Waals surface area (Å²) in [6, 6.07) is 9.58. The molecule has 1 saturated carbocycles. The number of benzene rings is 1. The van der Waals surface area contributed by atoms with Gasteiger partial charge in [0.2, 0.25) is 0 Å². The first-order chi connectivity index (χ1) is 9.60. The van der Waals surface area contributed by atoms with Crippen molar-refractivity contribution in [2.24, 2.45) is 11.3 Å². The Labute approximate surface area is 119 Å². The Morgan fingerprint density at radius 1 is 1.05 bits per heavy atom. The van der Waals surface area contributed by atoms with Gasteiger partial charge in [0, 0.05) is 5.92 Å². The second-order valence-corrected chi connectivity index (χ2v) is 4.99. The Balaban J connectivity index is 2.35. The minimum atomic E-state index is -1.17. The fourth-order valence-electron chi connectivity index (χ4n) is 2.98. The van der Waals surface area contributed by atoms with Crippen molar-refractivity contribution in [3.8, 4) is 0 Å². The lowest BCUT2D eigenvalue weighted by Crippen LogP contribution is -2.32. The molecule has 108 valence electrons. The second-order valence-electron chi connectivity index (χ2n) is 4.99. The first-order valence-electron chi connectivity index (χ1n) is 7.00. The lowest BCUT2D eigenvalue weighted by molar-refractivity contribution is -0.165. The maximum Gasteiger partial charge on any atom is 0.324 e. The average Bonchev–Trinajstić information content (AvgIpc) is 3.07. The minimum absolute atomic E-state index is 0.108. The molecule has 0 spiro atoms. The van der Waals surface area contributed by atoms with Gasteiger partial charge in [0.15, 0.2) is 5.41 Å². The van der Waals surface area contributed by atoms with Gasteiger partial charge in [-0.15, -0.1) is 0 Å². The van der Waals surface area contributed by atoms with Crippen molar-refractivity contribution in [2.75, 3.05) is 13.2 Å². The third-order valence-corrected chi connectivity index (χ3v) is 3.98. The molecule has 1 aliphatic rings. The van der Waals surface area contributed by atoms with Crippen molar-refractivity contribution in [3.05, 3.63) is 35.9 Å². The normalized spacial score (nSPS) is 22.9. The van der Waals surface area contributed by atoms with Crippen LogP contribution in [0.1, 0.15) is 32.3 Å². The molecular weight excluding hydrogens is 256 g/mol. The van der Waals surface area contributed by atoms with Crippen LogP contribution in [0, 0.1) is 11.3 Å². The van der Waals surface area contributed by atoms with Gasteiger partial charge in [-0.1, -0.05) is 37.3 Å². The van der Waals surface area contributed by atoms with Crippen LogP contribution >= 0.6 is 0 Å². The van der Waals surface area contributed by atoms with Crippen LogP contribution in [0.4, 0.5) is 0 Å². The molecule has 1 aliphatic carbocycles. The van der Waals surface area contributed by atoms with Crippen LogP contribution in [0.2, 0.25) is 0 Å². The molecule has 4 nitrogen and oxygen atoms in total. The smallest absolute Gasteiger partial charge is 0.324 e. The summed E-state index contributed by atoms with van der Waals surface area (Å²) in [5, 5.41) is 0. The van der Waals surface area contributed by atoms with E-state index >= 15 is 0 Å². The molecule has 0 amide bonds. The molecule has 0 heterocycles. The lowest BCUT2D eigenvalue weighted by atomic mass is 9.99. The van der Waals surface area contributed by atoms with E-state index in [1.807, 2.05) is 37.3 Å². The van der Waals surface area contributed by atoms with Gasteiger partial charge in [-0.25, -0.2) is 0 Å². The molecule has 1 aromatic carbocycles.